The molecule has 172 valence electrons. The predicted molar refractivity (Wildman–Crippen MR) is 130 cm³/mol. The number of hydrogen-bond donors (Lipinski definition) is 2. The molecule has 3 aromatic carbocycles. The Bertz CT molecular complexity index is 1260. The molecule has 4 aromatic rings. The molecule has 0 unspecified atom stereocenters. The quantitative estimate of drug-likeness (QED) is 0.354. The lowest BCUT2D eigenvalue weighted by Gasteiger charge is -2.10. The molecule has 0 aliphatic carbocycles. The number of amides is 2. The number of rotatable bonds is 9. The fraction of sp³-hybridized carbons (Fsp3) is 0.115. The predicted octanol–water partition coefficient (Wildman–Crippen LogP) is 4.35. The van der Waals surface area contributed by atoms with E-state index in [1.807, 2.05) is 41.0 Å². The van der Waals surface area contributed by atoms with Crippen molar-refractivity contribution in [2.75, 3.05) is 5.75 Å². The van der Waals surface area contributed by atoms with Gasteiger partial charge in [0.25, 0.3) is 5.91 Å². The zero-order chi connectivity index (χ0) is 23.8. The Kier molecular flexibility index (Phi) is 7.72. The highest BCUT2D eigenvalue weighted by Gasteiger charge is 2.12. The fourth-order valence-electron chi connectivity index (χ4n) is 3.25. The normalized spacial score (nSPS) is 10.6. The zero-order valence-corrected chi connectivity index (χ0v) is 19.1. The van der Waals surface area contributed by atoms with Crippen molar-refractivity contribution in [2.45, 2.75) is 18.2 Å². The number of imidazole rings is 1. The Morgan fingerprint density at radius 3 is 2.41 bits per heavy atom. The Hall–Kier alpha value is -3.91. The van der Waals surface area contributed by atoms with Gasteiger partial charge in [-0.05, 0) is 41.5 Å². The van der Waals surface area contributed by atoms with E-state index < -0.39 is 0 Å². The molecule has 2 N–H and O–H groups in total. The lowest BCUT2D eigenvalue weighted by atomic mass is 10.1. The second-order valence-electron chi connectivity index (χ2n) is 7.49. The largest absolute Gasteiger partial charge is 0.351 e. The molecule has 0 aliphatic heterocycles. The van der Waals surface area contributed by atoms with Gasteiger partial charge in [0, 0.05) is 36.7 Å². The summed E-state index contributed by atoms with van der Waals surface area (Å²) < 4.78 is 14.9. The number of halogens is 1. The van der Waals surface area contributed by atoms with Gasteiger partial charge in [0.15, 0.2) is 5.16 Å². The van der Waals surface area contributed by atoms with Crippen LogP contribution in [0, 0.1) is 5.82 Å². The van der Waals surface area contributed by atoms with E-state index in [-0.39, 0.29) is 23.4 Å². The maximum absolute atomic E-state index is 13.1. The summed E-state index contributed by atoms with van der Waals surface area (Å²) in [5.74, 6) is -0.412. The number of nitrogens with one attached hydrogen (secondary N) is 2. The number of thioether (sulfide) groups is 1. The smallest absolute Gasteiger partial charge is 0.251 e. The van der Waals surface area contributed by atoms with Crippen molar-refractivity contribution in [3.63, 3.8) is 0 Å². The fourth-order valence-corrected chi connectivity index (χ4v) is 4.06. The first-order valence-corrected chi connectivity index (χ1v) is 11.7. The van der Waals surface area contributed by atoms with E-state index in [0.29, 0.717) is 23.8 Å². The van der Waals surface area contributed by atoms with Crippen LogP contribution in [-0.4, -0.2) is 27.1 Å². The van der Waals surface area contributed by atoms with Crippen LogP contribution in [0.1, 0.15) is 21.5 Å². The third-order valence-corrected chi connectivity index (χ3v) is 5.99. The van der Waals surface area contributed by atoms with Gasteiger partial charge in [-0.25, -0.2) is 9.37 Å². The summed E-state index contributed by atoms with van der Waals surface area (Å²) in [4.78, 5) is 29.3. The lowest BCUT2D eigenvalue weighted by Crippen LogP contribution is -2.24. The van der Waals surface area contributed by atoms with Crippen LogP contribution in [0.15, 0.2) is 96.4 Å². The molecule has 0 fully saturated rings. The minimum Gasteiger partial charge on any atom is -0.351 e. The highest BCUT2D eigenvalue weighted by molar-refractivity contribution is 7.99. The van der Waals surface area contributed by atoms with Crippen LogP contribution in [0.4, 0.5) is 4.39 Å². The summed E-state index contributed by atoms with van der Waals surface area (Å²) in [7, 11) is 0. The van der Waals surface area contributed by atoms with Crippen molar-refractivity contribution in [2.24, 2.45) is 0 Å². The molecule has 1 heterocycles. The molecule has 0 radical (unpaired) electrons. The van der Waals surface area contributed by atoms with Crippen molar-refractivity contribution in [3.05, 3.63) is 114 Å². The summed E-state index contributed by atoms with van der Waals surface area (Å²) in [5, 5.41) is 6.40. The van der Waals surface area contributed by atoms with Crippen LogP contribution in [0.3, 0.4) is 0 Å². The molecular weight excluding hydrogens is 451 g/mol. The first-order valence-electron chi connectivity index (χ1n) is 10.7. The monoisotopic (exact) mass is 474 g/mol. The SMILES string of the molecule is O=C(CSc1nccn1-c1cccc(C(=O)NCc2ccc(F)cc2)c1)NCc1ccccc1. The molecule has 0 bridgehead atoms. The van der Waals surface area contributed by atoms with Gasteiger partial charge < -0.3 is 10.6 Å². The third kappa shape index (κ3) is 6.32. The Labute approximate surface area is 201 Å². The molecule has 0 aliphatic rings. The maximum atomic E-state index is 13.1. The zero-order valence-electron chi connectivity index (χ0n) is 18.3. The van der Waals surface area contributed by atoms with E-state index in [2.05, 4.69) is 15.6 Å². The molecule has 6 nitrogen and oxygen atoms in total. The van der Waals surface area contributed by atoms with Crippen molar-refractivity contribution in [3.8, 4) is 5.69 Å². The van der Waals surface area contributed by atoms with Crippen LogP contribution < -0.4 is 10.6 Å². The summed E-state index contributed by atoms with van der Waals surface area (Å²) in [6.07, 6.45) is 3.45. The average molecular weight is 475 g/mol. The molecule has 1 aromatic heterocycles. The molecule has 0 saturated carbocycles. The molecule has 34 heavy (non-hydrogen) atoms. The highest BCUT2D eigenvalue weighted by Crippen LogP contribution is 2.21. The van der Waals surface area contributed by atoms with E-state index in [9.17, 15) is 14.0 Å². The van der Waals surface area contributed by atoms with Crippen LogP contribution in [-0.2, 0) is 17.9 Å². The molecule has 8 heteroatoms. The van der Waals surface area contributed by atoms with Gasteiger partial charge in [0.2, 0.25) is 5.91 Å². The van der Waals surface area contributed by atoms with Crippen LogP contribution >= 0.6 is 11.8 Å². The van der Waals surface area contributed by atoms with Crippen LogP contribution in [0.25, 0.3) is 5.69 Å². The third-order valence-electron chi connectivity index (χ3n) is 5.02. The van der Waals surface area contributed by atoms with Gasteiger partial charge in [-0.1, -0.05) is 60.3 Å². The van der Waals surface area contributed by atoms with Crippen LogP contribution in [0.5, 0.6) is 0 Å². The number of benzene rings is 3. The van der Waals surface area contributed by atoms with Gasteiger partial charge in [0.1, 0.15) is 5.82 Å². The molecule has 4 rings (SSSR count). The topological polar surface area (TPSA) is 76.0 Å². The van der Waals surface area contributed by atoms with Gasteiger partial charge in [-0.2, -0.15) is 0 Å². The number of carbonyl (C=O) groups is 2. The standard InChI is InChI=1S/C26H23FN4O2S/c27-22-11-9-20(10-12-22)17-30-25(33)21-7-4-8-23(15-21)31-14-13-28-26(31)34-18-24(32)29-16-19-5-2-1-3-6-19/h1-15H,16-18H2,(H,29,32)(H,30,33). The lowest BCUT2D eigenvalue weighted by molar-refractivity contribution is -0.118. The highest BCUT2D eigenvalue weighted by atomic mass is 32.2. The van der Waals surface area contributed by atoms with E-state index in [0.717, 1.165) is 16.8 Å². The summed E-state index contributed by atoms with van der Waals surface area (Å²) in [6, 6.07) is 22.9. The van der Waals surface area contributed by atoms with E-state index >= 15 is 0 Å². The van der Waals surface area contributed by atoms with Gasteiger partial charge >= 0.3 is 0 Å². The summed E-state index contributed by atoms with van der Waals surface area (Å²) in [6.45, 7) is 0.775. The Balaban J connectivity index is 1.35. The van der Waals surface area contributed by atoms with E-state index in [1.165, 1.54) is 23.9 Å². The van der Waals surface area contributed by atoms with Gasteiger partial charge in [0.05, 0.1) is 5.75 Å². The molecule has 0 atom stereocenters. The summed E-state index contributed by atoms with van der Waals surface area (Å²) in [5.41, 5.74) is 3.10. The minimum atomic E-state index is -0.314. The van der Waals surface area contributed by atoms with E-state index in [1.54, 1.807) is 42.7 Å². The second kappa shape index (κ2) is 11.3. The van der Waals surface area contributed by atoms with Gasteiger partial charge in [-0.3, -0.25) is 14.2 Å². The van der Waals surface area contributed by atoms with Crippen LogP contribution in [0.2, 0.25) is 0 Å². The Morgan fingerprint density at radius 1 is 0.882 bits per heavy atom. The van der Waals surface area contributed by atoms with Crippen molar-refractivity contribution in [1.82, 2.24) is 20.2 Å². The summed E-state index contributed by atoms with van der Waals surface area (Å²) >= 11 is 1.32. The molecule has 0 saturated heterocycles. The maximum Gasteiger partial charge on any atom is 0.251 e. The average Bonchev–Trinajstić information content (AvgIpc) is 3.35. The Morgan fingerprint density at radius 2 is 1.62 bits per heavy atom. The number of aromatic nitrogens is 2. The minimum absolute atomic E-state index is 0.0858. The van der Waals surface area contributed by atoms with Crippen molar-refractivity contribution in [1.29, 1.82) is 0 Å². The number of hydrogen-bond acceptors (Lipinski definition) is 4. The van der Waals surface area contributed by atoms with Gasteiger partial charge in [-0.15, -0.1) is 0 Å². The number of nitrogens with zero attached hydrogens (tertiary/aromatic N) is 2. The van der Waals surface area contributed by atoms with Crippen molar-refractivity contribution < 1.29 is 14.0 Å². The van der Waals surface area contributed by atoms with E-state index in [4.69, 9.17) is 0 Å². The first kappa shape index (κ1) is 23.3. The van der Waals surface area contributed by atoms with Crippen molar-refractivity contribution >= 4 is 23.6 Å². The molecule has 2 amide bonds. The first-order chi connectivity index (χ1) is 16.6. The molecular formula is C26H23FN4O2S. The number of carbonyl (C=O) groups excluding carboxylic acids is 2. The second-order valence-corrected chi connectivity index (χ2v) is 8.43. The molecule has 0 spiro atoms.